The van der Waals surface area contributed by atoms with Crippen molar-refractivity contribution in [2.75, 3.05) is 16.8 Å². The van der Waals surface area contributed by atoms with Crippen LogP contribution >= 0.6 is 15.9 Å². The highest BCUT2D eigenvalue weighted by molar-refractivity contribution is 9.10. The Labute approximate surface area is 150 Å². The molecule has 24 heavy (non-hydrogen) atoms. The summed E-state index contributed by atoms with van der Waals surface area (Å²) in [5.41, 5.74) is 3.72. The maximum Gasteiger partial charge on any atom is 0.229 e. The second-order valence-electron chi connectivity index (χ2n) is 6.14. The van der Waals surface area contributed by atoms with Crippen molar-refractivity contribution in [3.8, 4) is 0 Å². The lowest BCUT2D eigenvalue weighted by Gasteiger charge is -2.17. The minimum atomic E-state index is -0.333. The van der Waals surface area contributed by atoms with Crippen LogP contribution in [0.3, 0.4) is 0 Å². The average Bonchev–Trinajstić information content (AvgIpc) is 2.94. The molecule has 0 aromatic heterocycles. The van der Waals surface area contributed by atoms with Crippen LogP contribution in [0.5, 0.6) is 0 Å². The summed E-state index contributed by atoms with van der Waals surface area (Å²) in [5, 5.41) is 3.00. The van der Waals surface area contributed by atoms with E-state index in [-0.39, 0.29) is 24.2 Å². The van der Waals surface area contributed by atoms with Crippen LogP contribution in [0.1, 0.15) is 17.5 Å². The minimum absolute atomic E-state index is 0.0148. The van der Waals surface area contributed by atoms with E-state index in [1.807, 2.05) is 56.3 Å². The summed E-state index contributed by atoms with van der Waals surface area (Å²) >= 11 is 3.39. The van der Waals surface area contributed by atoms with Gasteiger partial charge in [0.2, 0.25) is 11.8 Å². The summed E-state index contributed by atoms with van der Waals surface area (Å²) in [7, 11) is 0. The molecular weight excluding hydrogens is 368 g/mol. The standard InChI is InChI=1S/C19H19BrN2O2/c1-12-4-3-5-13(2)18(12)21-19(24)14-10-17(23)22(11-14)16-8-6-15(20)7-9-16/h3-9,14H,10-11H2,1-2H3,(H,21,24). The van der Waals surface area contributed by atoms with Crippen molar-refractivity contribution in [3.63, 3.8) is 0 Å². The molecule has 1 N–H and O–H groups in total. The number of aryl methyl sites for hydroxylation is 2. The lowest BCUT2D eigenvalue weighted by molar-refractivity contribution is -0.122. The van der Waals surface area contributed by atoms with Crippen LogP contribution in [-0.2, 0) is 9.59 Å². The number of carbonyl (C=O) groups is 2. The third-order valence-electron chi connectivity index (χ3n) is 4.36. The third kappa shape index (κ3) is 3.36. The molecule has 5 heteroatoms. The van der Waals surface area contributed by atoms with Crippen LogP contribution < -0.4 is 10.2 Å². The van der Waals surface area contributed by atoms with Crippen molar-refractivity contribution >= 4 is 39.1 Å². The average molecular weight is 387 g/mol. The predicted molar refractivity (Wildman–Crippen MR) is 99.1 cm³/mol. The van der Waals surface area contributed by atoms with Crippen molar-refractivity contribution in [2.45, 2.75) is 20.3 Å². The summed E-state index contributed by atoms with van der Waals surface area (Å²) < 4.78 is 0.960. The number of benzene rings is 2. The lowest BCUT2D eigenvalue weighted by Crippen LogP contribution is -2.28. The quantitative estimate of drug-likeness (QED) is 0.864. The Hall–Kier alpha value is -2.14. The summed E-state index contributed by atoms with van der Waals surface area (Å²) in [6.07, 6.45) is 0.243. The molecule has 1 saturated heterocycles. The summed E-state index contributed by atoms with van der Waals surface area (Å²) in [6, 6.07) is 13.5. The minimum Gasteiger partial charge on any atom is -0.325 e. The van der Waals surface area contributed by atoms with E-state index in [1.54, 1.807) is 4.90 Å². The molecule has 2 amide bonds. The van der Waals surface area contributed by atoms with Crippen LogP contribution in [0.15, 0.2) is 46.9 Å². The first-order valence-corrected chi connectivity index (χ1v) is 8.68. The fourth-order valence-corrected chi connectivity index (χ4v) is 3.26. The molecule has 2 aromatic rings. The van der Waals surface area contributed by atoms with E-state index in [0.717, 1.165) is 27.0 Å². The number of hydrogen-bond acceptors (Lipinski definition) is 2. The van der Waals surface area contributed by atoms with Gasteiger partial charge in [-0.2, -0.15) is 0 Å². The van der Waals surface area contributed by atoms with Gasteiger partial charge in [0.15, 0.2) is 0 Å². The monoisotopic (exact) mass is 386 g/mol. The molecule has 2 aromatic carbocycles. The van der Waals surface area contributed by atoms with Gasteiger partial charge in [0, 0.05) is 28.8 Å². The fraction of sp³-hybridized carbons (Fsp3) is 0.263. The molecule has 4 nitrogen and oxygen atoms in total. The van der Waals surface area contributed by atoms with E-state index in [1.165, 1.54) is 0 Å². The number of nitrogens with one attached hydrogen (secondary N) is 1. The van der Waals surface area contributed by atoms with Gasteiger partial charge in [-0.3, -0.25) is 9.59 Å². The normalized spacial score (nSPS) is 17.2. The third-order valence-corrected chi connectivity index (χ3v) is 4.89. The van der Waals surface area contributed by atoms with Gasteiger partial charge in [0.25, 0.3) is 0 Å². The maximum atomic E-state index is 12.6. The summed E-state index contributed by atoms with van der Waals surface area (Å²) in [5.74, 6) is -0.445. The first-order chi connectivity index (χ1) is 11.5. The summed E-state index contributed by atoms with van der Waals surface area (Å²) in [4.78, 5) is 26.6. The number of halogens is 1. The van der Waals surface area contributed by atoms with Crippen LogP contribution in [-0.4, -0.2) is 18.4 Å². The molecule has 0 bridgehead atoms. The zero-order chi connectivity index (χ0) is 17.3. The van der Waals surface area contributed by atoms with Crippen LogP contribution in [0.2, 0.25) is 0 Å². The Bertz CT molecular complexity index is 766. The molecule has 0 saturated carbocycles. The van der Waals surface area contributed by atoms with Gasteiger partial charge >= 0.3 is 0 Å². The van der Waals surface area contributed by atoms with Crippen molar-refractivity contribution in [2.24, 2.45) is 5.92 Å². The largest absolute Gasteiger partial charge is 0.325 e. The predicted octanol–water partition coefficient (Wildman–Crippen LogP) is 4.06. The molecule has 1 heterocycles. The smallest absolute Gasteiger partial charge is 0.229 e. The van der Waals surface area contributed by atoms with Crippen LogP contribution in [0, 0.1) is 19.8 Å². The Morgan fingerprint density at radius 2 is 1.75 bits per heavy atom. The molecule has 1 unspecified atom stereocenters. The van der Waals surface area contributed by atoms with Crippen molar-refractivity contribution < 1.29 is 9.59 Å². The SMILES string of the molecule is Cc1cccc(C)c1NC(=O)C1CC(=O)N(c2ccc(Br)cc2)C1. The first-order valence-electron chi connectivity index (χ1n) is 7.88. The van der Waals surface area contributed by atoms with Gasteiger partial charge in [0.05, 0.1) is 5.92 Å². The van der Waals surface area contributed by atoms with Crippen LogP contribution in [0.4, 0.5) is 11.4 Å². The number of amides is 2. The lowest BCUT2D eigenvalue weighted by atomic mass is 10.1. The number of anilines is 2. The van der Waals surface area contributed by atoms with Crippen LogP contribution in [0.25, 0.3) is 0 Å². The summed E-state index contributed by atoms with van der Waals surface area (Å²) in [6.45, 7) is 4.35. The molecule has 124 valence electrons. The van der Waals surface area contributed by atoms with Gasteiger partial charge in [-0.25, -0.2) is 0 Å². The molecule has 1 aliphatic heterocycles. The van der Waals surface area contributed by atoms with E-state index in [9.17, 15) is 9.59 Å². The maximum absolute atomic E-state index is 12.6. The zero-order valence-corrected chi connectivity index (χ0v) is 15.3. The Morgan fingerprint density at radius 1 is 1.12 bits per heavy atom. The number of rotatable bonds is 3. The van der Waals surface area contributed by atoms with E-state index in [0.29, 0.717) is 6.54 Å². The number of nitrogens with zero attached hydrogens (tertiary/aromatic N) is 1. The van der Waals surface area contributed by atoms with E-state index >= 15 is 0 Å². The van der Waals surface area contributed by atoms with E-state index < -0.39 is 0 Å². The molecule has 0 radical (unpaired) electrons. The zero-order valence-electron chi connectivity index (χ0n) is 13.7. The van der Waals surface area contributed by atoms with Crippen molar-refractivity contribution in [3.05, 3.63) is 58.1 Å². The first kappa shape index (κ1) is 16.7. The molecule has 0 spiro atoms. The van der Waals surface area contributed by atoms with Gasteiger partial charge in [-0.15, -0.1) is 0 Å². The number of carbonyl (C=O) groups excluding carboxylic acids is 2. The molecule has 1 fully saturated rings. The topological polar surface area (TPSA) is 49.4 Å². The van der Waals surface area contributed by atoms with Gasteiger partial charge in [-0.05, 0) is 49.2 Å². The van der Waals surface area contributed by atoms with Gasteiger partial charge in [0.1, 0.15) is 0 Å². The highest BCUT2D eigenvalue weighted by Gasteiger charge is 2.35. The number of hydrogen-bond donors (Lipinski definition) is 1. The molecule has 1 aliphatic rings. The Balaban J connectivity index is 1.73. The van der Waals surface area contributed by atoms with E-state index in [2.05, 4.69) is 21.2 Å². The molecule has 3 rings (SSSR count). The van der Waals surface area contributed by atoms with E-state index in [4.69, 9.17) is 0 Å². The second-order valence-corrected chi connectivity index (χ2v) is 7.05. The fourth-order valence-electron chi connectivity index (χ4n) is 2.99. The molecular formula is C19H19BrN2O2. The Morgan fingerprint density at radius 3 is 2.38 bits per heavy atom. The van der Waals surface area contributed by atoms with Crippen molar-refractivity contribution in [1.82, 2.24) is 0 Å². The molecule has 1 atom stereocenters. The highest BCUT2D eigenvalue weighted by Crippen LogP contribution is 2.28. The highest BCUT2D eigenvalue weighted by atomic mass is 79.9. The van der Waals surface area contributed by atoms with Gasteiger partial charge in [-0.1, -0.05) is 34.1 Å². The van der Waals surface area contributed by atoms with Gasteiger partial charge < -0.3 is 10.2 Å². The van der Waals surface area contributed by atoms with Crippen molar-refractivity contribution in [1.29, 1.82) is 0 Å². The number of para-hydroxylation sites is 1. The Kier molecular flexibility index (Phi) is 4.71. The molecule has 0 aliphatic carbocycles. The second kappa shape index (κ2) is 6.77.